The Morgan fingerprint density at radius 1 is 1.16 bits per heavy atom. The van der Waals surface area contributed by atoms with E-state index in [1.165, 1.54) is 0 Å². The van der Waals surface area contributed by atoms with Crippen LogP contribution in [0, 0.1) is 0 Å². The summed E-state index contributed by atoms with van der Waals surface area (Å²) in [4.78, 5) is 10.8. The van der Waals surface area contributed by atoms with Gasteiger partial charge in [-0.2, -0.15) is 0 Å². The standard InChI is InChI=1S/C18H20Cl2N2O3/c1-24-17-8-12(2-5-16(17)25-11-18(21)23)10-22-7-6-13-3-4-14(19)9-15(13)20/h2-5,8-9,22H,6-7,10-11H2,1H3,(H2,21,23). The van der Waals surface area contributed by atoms with E-state index in [2.05, 4.69) is 5.32 Å². The molecule has 2 rings (SSSR count). The Morgan fingerprint density at radius 2 is 1.96 bits per heavy atom. The highest BCUT2D eigenvalue weighted by Gasteiger charge is 2.07. The van der Waals surface area contributed by atoms with E-state index in [1.54, 1.807) is 19.2 Å². The van der Waals surface area contributed by atoms with Gasteiger partial charge in [-0.05, 0) is 48.4 Å². The van der Waals surface area contributed by atoms with Gasteiger partial charge < -0.3 is 20.5 Å². The number of hydrogen-bond acceptors (Lipinski definition) is 4. The van der Waals surface area contributed by atoms with E-state index in [-0.39, 0.29) is 6.61 Å². The quantitative estimate of drug-likeness (QED) is 0.653. The SMILES string of the molecule is COc1cc(CNCCc2ccc(Cl)cc2Cl)ccc1OCC(N)=O. The lowest BCUT2D eigenvalue weighted by molar-refractivity contribution is -0.119. The summed E-state index contributed by atoms with van der Waals surface area (Å²) in [6.07, 6.45) is 0.799. The summed E-state index contributed by atoms with van der Waals surface area (Å²) in [7, 11) is 1.55. The first kappa shape index (κ1) is 19.4. The summed E-state index contributed by atoms with van der Waals surface area (Å²) in [5.41, 5.74) is 7.16. The maximum absolute atomic E-state index is 10.8. The Kier molecular flexibility index (Phi) is 7.37. The van der Waals surface area contributed by atoms with Gasteiger partial charge in [-0.25, -0.2) is 0 Å². The zero-order valence-electron chi connectivity index (χ0n) is 13.9. The third kappa shape index (κ3) is 6.12. The van der Waals surface area contributed by atoms with Gasteiger partial charge >= 0.3 is 0 Å². The first-order valence-corrected chi connectivity index (χ1v) is 8.48. The van der Waals surface area contributed by atoms with Crippen LogP contribution in [-0.4, -0.2) is 26.2 Å². The number of benzene rings is 2. The van der Waals surface area contributed by atoms with Crippen LogP contribution < -0.4 is 20.5 Å². The summed E-state index contributed by atoms with van der Waals surface area (Å²) in [6.45, 7) is 1.25. The van der Waals surface area contributed by atoms with Crippen LogP contribution in [-0.2, 0) is 17.8 Å². The molecule has 5 nitrogen and oxygen atoms in total. The van der Waals surface area contributed by atoms with Gasteiger partial charge in [0.25, 0.3) is 5.91 Å². The van der Waals surface area contributed by atoms with Gasteiger partial charge in [0, 0.05) is 16.6 Å². The molecule has 0 aromatic heterocycles. The molecule has 0 aliphatic rings. The van der Waals surface area contributed by atoms with Gasteiger partial charge in [0.1, 0.15) is 0 Å². The van der Waals surface area contributed by atoms with Gasteiger partial charge in [-0.15, -0.1) is 0 Å². The molecule has 0 aliphatic heterocycles. The minimum Gasteiger partial charge on any atom is -0.493 e. The third-order valence-electron chi connectivity index (χ3n) is 3.51. The van der Waals surface area contributed by atoms with E-state index in [0.717, 1.165) is 24.1 Å². The molecular formula is C18H20Cl2N2O3. The van der Waals surface area contributed by atoms with E-state index in [1.807, 2.05) is 24.3 Å². The fourth-order valence-electron chi connectivity index (χ4n) is 2.27. The van der Waals surface area contributed by atoms with Crippen molar-refractivity contribution in [1.29, 1.82) is 0 Å². The number of halogens is 2. The Balaban J connectivity index is 1.87. The predicted molar refractivity (Wildman–Crippen MR) is 99.6 cm³/mol. The van der Waals surface area contributed by atoms with Crippen LogP contribution in [0.15, 0.2) is 36.4 Å². The summed E-state index contributed by atoms with van der Waals surface area (Å²) in [6, 6.07) is 11.0. The molecule has 1 amide bonds. The second kappa shape index (κ2) is 9.51. The van der Waals surface area contributed by atoms with E-state index in [9.17, 15) is 4.79 Å². The smallest absolute Gasteiger partial charge is 0.255 e. The number of nitrogens with one attached hydrogen (secondary N) is 1. The zero-order valence-corrected chi connectivity index (χ0v) is 15.4. The number of primary amides is 1. The normalized spacial score (nSPS) is 10.5. The fraction of sp³-hybridized carbons (Fsp3) is 0.278. The summed E-state index contributed by atoms with van der Waals surface area (Å²) in [5, 5.41) is 4.66. The second-order valence-electron chi connectivity index (χ2n) is 5.40. The van der Waals surface area contributed by atoms with Crippen LogP contribution in [0.5, 0.6) is 11.5 Å². The topological polar surface area (TPSA) is 73.6 Å². The average molecular weight is 383 g/mol. The molecule has 0 bridgehead atoms. The maximum atomic E-state index is 10.8. The molecule has 0 saturated carbocycles. The maximum Gasteiger partial charge on any atom is 0.255 e. The van der Waals surface area contributed by atoms with E-state index < -0.39 is 5.91 Å². The number of methoxy groups -OCH3 is 1. The van der Waals surface area contributed by atoms with Crippen molar-refractivity contribution in [2.24, 2.45) is 5.73 Å². The molecule has 7 heteroatoms. The van der Waals surface area contributed by atoms with Crippen molar-refractivity contribution in [3.05, 3.63) is 57.6 Å². The van der Waals surface area contributed by atoms with Gasteiger partial charge in [0.15, 0.2) is 18.1 Å². The van der Waals surface area contributed by atoms with Crippen molar-refractivity contribution in [2.75, 3.05) is 20.3 Å². The minimum absolute atomic E-state index is 0.185. The highest BCUT2D eigenvalue weighted by molar-refractivity contribution is 6.35. The number of amides is 1. The summed E-state index contributed by atoms with van der Waals surface area (Å²) in [5.74, 6) is 0.507. The number of rotatable bonds is 9. The number of ether oxygens (including phenoxy) is 2. The van der Waals surface area contributed by atoms with E-state index in [4.69, 9.17) is 38.4 Å². The Morgan fingerprint density at radius 3 is 2.64 bits per heavy atom. The molecule has 0 unspecified atom stereocenters. The van der Waals surface area contributed by atoms with Crippen molar-refractivity contribution in [3.63, 3.8) is 0 Å². The highest BCUT2D eigenvalue weighted by atomic mass is 35.5. The number of nitrogens with two attached hydrogens (primary N) is 1. The molecule has 0 atom stereocenters. The van der Waals surface area contributed by atoms with Crippen LogP contribution >= 0.6 is 23.2 Å². The molecule has 0 heterocycles. The largest absolute Gasteiger partial charge is 0.493 e. The van der Waals surface area contributed by atoms with Gasteiger partial charge in [-0.1, -0.05) is 35.3 Å². The van der Waals surface area contributed by atoms with Crippen molar-refractivity contribution in [3.8, 4) is 11.5 Å². The van der Waals surface area contributed by atoms with Gasteiger partial charge in [0.2, 0.25) is 0 Å². The Labute approximate surface area is 157 Å². The molecule has 0 fully saturated rings. The molecule has 0 spiro atoms. The van der Waals surface area contributed by atoms with Crippen LogP contribution in [0.2, 0.25) is 10.0 Å². The summed E-state index contributed by atoms with van der Waals surface area (Å²) < 4.78 is 10.6. The highest BCUT2D eigenvalue weighted by Crippen LogP contribution is 2.28. The van der Waals surface area contributed by atoms with Gasteiger partial charge in [-0.3, -0.25) is 4.79 Å². The lowest BCUT2D eigenvalue weighted by Gasteiger charge is -2.12. The van der Waals surface area contributed by atoms with Crippen LogP contribution in [0.4, 0.5) is 0 Å². The van der Waals surface area contributed by atoms with Crippen molar-refractivity contribution in [2.45, 2.75) is 13.0 Å². The average Bonchev–Trinajstić information content (AvgIpc) is 2.58. The third-order valence-corrected chi connectivity index (χ3v) is 4.10. The molecule has 25 heavy (non-hydrogen) atoms. The molecule has 0 aliphatic carbocycles. The van der Waals surface area contributed by atoms with Crippen molar-refractivity contribution < 1.29 is 14.3 Å². The molecular weight excluding hydrogens is 363 g/mol. The van der Waals surface area contributed by atoms with Gasteiger partial charge in [0.05, 0.1) is 7.11 Å². The zero-order chi connectivity index (χ0) is 18.2. The fourth-order valence-corrected chi connectivity index (χ4v) is 2.77. The van der Waals surface area contributed by atoms with Crippen molar-refractivity contribution >= 4 is 29.1 Å². The minimum atomic E-state index is -0.534. The van der Waals surface area contributed by atoms with Crippen LogP contribution in [0.3, 0.4) is 0 Å². The van der Waals surface area contributed by atoms with E-state index in [0.29, 0.717) is 28.1 Å². The number of hydrogen-bond donors (Lipinski definition) is 2. The number of carbonyl (C=O) groups excluding carboxylic acids is 1. The number of carbonyl (C=O) groups is 1. The Bertz CT molecular complexity index is 738. The molecule has 2 aromatic carbocycles. The first-order chi connectivity index (χ1) is 12.0. The second-order valence-corrected chi connectivity index (χ2v) is 6.25. The first-order valence-electron chi connectivity index (χ1n) is 7.72. The monoisotopic (exact) mass is 382 g/mol. The lowest BCUT2D eigenvalue weighted by atomic mass is 10.1. The molecule has 0 radical (unpaired) electrons. The van der Waals surface area contributed by atoms with Crippen LogP contribution in [0.25, 0.3) is 0 Å². The predicted octanol–water partition coefficient (Wildman–Crippen LogP) is 3.20. The molecule has 2 aromatic rings. The van der Waals surface area contributed by atoms with E-state index >= 15 is 0 Å². The Hall–Kier alpha value is -1.95. The molecule has 134 valence electrons. The molecule has 3 N–H and O–H groups in total. The molecule has 0 saturated heterocycles. The summed E-state index contributed by atoms with van der Waals surface area (Å²) >= 11 is 12.1. The lowest BCUT2D eigenvalue weighted by Crippen LogP contribution is -2.20. The van der Waals surface area contributed by atoms with Crippen molar-refractivity contribution in [1.82, 2.24) is 5.32 Å². The van der Waals surface area contributed by atoms with Crippen LogP contribution in [0.1, 0.15) is 11.1 Å².